The lowest BCUT2D eigenvalue weighted by Crippen LogP contribution is -2.21. The summed E-state index contributed by atoms with van der Waals surface area (Å²) in [5, 5.41) is 21.0. The van der Waals surface area contributed by atoms with Crippen LogP contribution in [-0.2, 0) is 6.54 Å². The third kappa shape index (κ3) is 4.36. The van der Waals surface area contributed by atoms with Crippen molar-refractivity contribution in [2.75, 3.05) is 20.3 Å². The first-order chi connectivity index (χ1) is 8.71. The molecule has 2 N–H and O–H groups in total. The lowest BCUT2D eigenvalue weighted by molar-refractivity contribution is 0.260. The van der Waals surface area contributed by atoms with E-state index in [4.69, 9.17) is 15.1 Å². The number of hydrogen-bond acceptors (Lipinski definition) is 4. The summed E-state index contributed by atoms with van der Waals surface area (Å²) < 4.78 is 5.26. The fourth-order valence-electron chi connectivity index (χ4n) is 1.76. The van der Waals surface area contributed by atoms with Crippen molar-refractivity contribution in [1.82, 2.24) is 5.32 Å². The summed E-state index contributed by atoms with van der Waals surface area (Å²) >= 11 is 0. The molecule has 0 aliphatic rings. The van der Waals surface area contributed by atoms with Crippen molar-refractivity contribution in [3.05, 3.63) is 29.3 Å². The molecule has 0 aliphatic carbocycles. The van der Waals surface area contributed by atoms with Gasteiger partial charge in [-0.3, -0.25) is 0 Å². The van der Waals surface area contributed by atoms with Crippen LogP contribution in [-0.4, -0.2) is 25.4 Å². The zero-order valence-corrected chi connectivity index (χ0v) is 10.9. The maximum absolute atomic E-state index is 8.87. The fraction of sp³-hybridized carbons (Fsp3) is 0.500. The lowest BCUT2D eigenvalue weighted by Gasteiger charge is -2.13. The van der Waals surface area contributed by atoms with Gasteiger partial charge in [-0.05, 0) is 37.1 Å². The van der Waals surface area contributed by atoms with E-state index in [1.165, 1.54) is 0 Å². The number of hydrogen-bond donors (Lipinski definition) is 2. The highest BCUT2D eigenvalue weighted by molar-refractivity contribution is 5.41. The highest BCUT2D eigenvalue weighted by atomic mass is 16.5. The number of ether oxygens (including phenoxy) is 1. The van der Waals surface area contributed by atoms with Gasteiger partial charge in [-0.1, -0.05) is 6.92 Å². The van der Waals surface area contributed by atoms with Crippen molar-refractivity contribution >= 4 is 0 Å². The van der Waals surface area contributed by atoms with Crippen LogP contribution in [0.25, 0.3) is 0 Å². The molecule has 98 valence electrons. The molecule has 0 saturated carbocycles. The van der Waals surface area contributed by atoms with Crippen LogP contribution < -0.4 is 10.1 Å². The number of rotatable bonds is 7. The zero-order chi connectivity index (χ0) is 13.4. The summed E-state index contributed by atoms with van der Waals surface area (Å²) in [4.78, 5) is 0. The molecule has 0 aliphatic heterocycles. The Labute approximate surface area is 108 Å². The van der Waals surface area contributed by atoms with Crippen LogP contribution in [0.5, 0.6) is 5.75 Å². The van der Waals surface area contributed by atoms with E-state index >= 15 is 0 Å². The minimum atomic E-state index is 0.218. The van der Waals surface area contributed by atoms with Crippen LogP contribution in [0.15, 0.2) is 18.2 Å². The second-order valence-electron chi connectivity index (χ2n) is 4.39. The van der Waals surface area contributed by atoms with Gasteiger partial charge >= 0.3 is 0 Å². The van der Waals surface area contributed by atoms with Gasteiger partial charge in [-0.2, -0.15) is 5.26 Å². The van der Waals surface area contributed by atoms with Crippen LogP contribution in [0, 0.1) is 17.2 Å². The monoisotopic (exact) mass is 248 g/mol. The minimum absolute atomic E-state index is 0.218. The summed E-state index contributed by atoms with van der Waals surface area (Å²) in [6.07, 6.45) is 0.794. The van der Waals surface area contributed by atoms with Crippen LogP contribution in [0.4, 0.5) is 0 Å². The maximum Gasteiger partial charge on any atom is 0.123 e. The summed E-state index contributed by atoms with van der Waals surface area (Å²) in [6.45, 7) is 3.80. The Morgan fingerprint density at radius 1 is 1.50 bits per heavy atom. The largest absolute Gasteiger partial charge is 0.496 e. The van der Waals surface area contributed by atoms with E-state index in [0.717, 1.165) is 24.3 Å². The zero-order valence-electron chi connectivity index (χ0n) is 10.9. The molecule has 1 atom stereocenters. The van der Waals surface area contributed by atoms with E-state index in [9.17, 15) is 0 Å². The Bertz CT molecular complexity index is 413. The van der Waals surface area contributed by atoms with Gasteiger partial charge < -0.3 is 15.2 Å². The number of nitrogens with zero attached hydrogens (tertiary/aromatic N) is 1. The Balaban J connectivity index is 2.57. The Hall–Kier alpha value is -1.57. The SMILES string of the molecule is COc1ccc(C#N)cc1CNCC(C)CCO. The minimum Gasteiger partial charge on any atom is -0.496 e. The predicted octanol–water partition coefficient (Wildman–Crippen LogP) is 1.67. The van der Waals surface area contributed by atoms with E-state index in [1.807, 2.05) is 12.1 Å². The van der Waals surface area contributed by atoms with Gasteiger partial charge in [0, 0.05) is 18.7 Å². The average molecular weight is 248 g/mol. The van der Waals surface area contributed by atoms with Gasteiger partial charge in [0.25, 0.3) is 0 Å². The summed E-state index contributed by atoms with van der Waals surface area (Å²) in [7, 11) is 1.62. The molecule has 0 spiro atoms. The van der Waals surface area contributed by atoms with Crippen molar-refractivity contribution in [2.45, 2.75) is 19.9 Å². The highest BCUT2D eigenvalue weighted by Gasteiger charge is 2.05. The van der Waals surface area contributed by atoms with Crippen LogP contribution in [0.1, 0.15) is 24.5 Å². The molecule has 18 heavy (non-hydrogen) atoms. The van der Waals surface area contributed by atoms with Crippen LogP contribution in [0.3, 0.4) is 0 Å². The van der Waals surface area contributed by atoms with E-state index in [-0.39, 0.29) is 6.61 Å². The maximum atomic E-state index is 8.87. The van der Waals surface area contributed by atoms with Crippen molar-refractivity contribution in [1.29, 1.82) is 5.26 Å². The van der Waals surface area contributed by atoms with Gasteiger partial charge in [0.1, 0.15) is 5.75 Å². The van der Waals surface area contributed by atoms with Gasteiger partial charge in [0.2, 0.25) is 0 Å². The van der Waals surface area contributed by atoms with Crippen LogP contribution in [0.2, 0.25) is 0 Å². The number of benzene rings is 1. The molecule has 0 amide bonds. The molecule has 0 saturated heterocycles. The molecule has 4 heteroatoms. The van der Waals surface area contributed by atoms with E-state index in [1.54, 1.807) is 13.2 Å². The molecule has 4 nitrogen and oxygen atoms in total. The smallest absolute Gasteiger partial charge is 0.123 e. The average Bonchev–Trinajstić information content (AvgIpc) is 2.39. The molecule has 0 aromatic heterocycles. The van der Waals surface area contributed by atoms with Gasteiger partial charge in [0.05, 0.1) is 18.7 Å². The van der Waals surface area contributed by atoms with Gasteiger partial charge in [-0.25, -0.2) is 0 Å². The van der Waals surface area contributed by atoms with E-state index in [0.29, 0.717) is 18.0 Å². The summed E-state index contributed by atoms with van der Waals surface area (Å²) in [5.74, 6) is 1.22. The predicted molar refractivity (Wildman–Crippen MR) is 70.3 cm³/mol. The molecular weight excluding hydrogens is 228 g/mol. The second-order valence-corrected chi connectivity index (χ2v) is 4.39. The van der Waals surface area contributed by atoms with E-state index in [2.05, 4.69) is 18.3 Å². The van der Waals surface area contributed by atoms with Crippen LogP contribution >= 0.6 is 0 Å². The van der Waals surface area contributed by atoms with E-state index < -0.39 is 0 Å². The Morgan fingerprint density at radius 3 is 2.89 bits per heavy atom. The molecule has 0 bridgehead atoms. The molecule has 0 heterocycles. The number of nitriles is 1. The second kappa shape index (κ2) is 7.70. The standard InChI is InChI=1S/C14H20N2O2/c1-11(5-6-17)9-16-10-13-7-12(8-15)3-4-14(13)18-2/h3-4,7,11,16-17H,5-6,9-10H2,1-2H3. The topological polar surface area (TPSA) is 65.3 Å². The summed E-state index contributed by atoms with van der Waals surface area (Å²) in [6, 6.07) is 7.52. The normalized spacial score (nSPS) is 11.9. The molecule has 1 rings (SSSR count). The quantitative estimate of drug-likeness (QED) is 0.770. The number of methoxy groups -OCH3 is 1. The van der Waals surface area contributed by atoms with Crippen molar-refractivity contribution in [2.24, 2.45) is 5.92 Å². The molecule has 1 aromatic carbocycles. The first-order valence-electron chi connectivity index (χ1n) is 6.09. The van der Waals surface area contributed by atoms with Crippen molar-refractivity contribution < 1.29 is 9.84 Å². The first-order valence-corrected chi connectivity index (χ1v) is 6.09. The van der Waals surface area contributed by atoms with Crippen molar-refractivity contribution in [3.63, 3.8) is 0 Å². The highest BCUT2D eigenvalue weighted by Crippen LogP contribution is 2.19. The molecular formula is C14H20N2O2. The lowest BCUT2D eigenvalue weighted by atomic mass is 10.1. The number of aliphatic hydroxyl groups is 1. The number of aliphatic hydroxyl groups excluding tert-OH is 1. The number of nitrogens with one attached hydrogen (secondary N) is 1. The third-order valence-electron chi connectivity index (χ3n) is 2.84. The fourth-order valence-corrected chi connectivity index (χ4v) is 1.76. The molecule has 1 unspecified atom stereocenters. The van der Waals surface area contributed by atoms with Gasteiger partial charge in [0.15, 0.2) is 0 Å². The molecule has 1 aromatic rings. The summed E-state index contributed by atoms with van der Waals surface area (Å²) in [5.41, 5.74) is 1.61. The van der Waals surface area contributed by atoms with Crippen molar-refractivity contribution in [3.8, 4) is 11.8 Å². The molecule has 0 fully saturated rings. The Morgan fingerprint density at radius 2 is 2.28 bits per heavy atom. The first kappa shape index (κ1) is 14.5. The Kier molecular flexibility index (Phi) is 6.20. The van der Waals surface area contributed by atoms with Gasteiger partial charge in [-0.15, -0.1) is 0 Å². The third-order valence-corrected chi connectivity index (χ3v) is 2.84. The molecule has 0 radical (unpaired) electrons.